The number of thioether (sulfide) groups is 1. The van der Waals surface area contributed by atoms with Gasteiger partial charge >= 0.3 is 0 Å². The predicted molar refractivity (Wildman–Crippen MR) is 98.3 cm³/mol. The summed E-state index contributed by atoms with van der Waals surface area (Å²) in [6, 6.07) is 12.1. The van der Waals surface area contributed by atoms with Crippen molar-refractivity contribution >= 4 is 35.0 Å². The minimum Gasteiger partial charge on any atom is -0.504 e. The number of nitrogens with zero attached hydrogens (tertiary/aromatic N) is 2. The van der Waals surface area contributed by atoms with Crippen LogP contribution in [0.15, 0.2) is 47.6 Å². The second-order valence-corrected chi connectivity index (χ2v) is 6.85. The fourth-order valence-electron chi connectivity index (χ4n) is 2.92. The highest BCUT2D eigenvalue weighted by atomic mass is 32.2. The number of benzene rings is 2. The molecule has 2 aliphatic rings. The lowest BCUT2D eigenvalue weighted by molar-refractivity contribution is -0.128. The number of anilines is 1. The molecule has 1 atom stereocenters. The molecule has 2 aromatic carbocycles. The van der Waals surface area contributed by atoms with Gasteiger partial charge in [0, 0.05) is 5.56 Å². The van der Waals surface area contributed by atoms with Gasteiger partial charge in [-0.3, -0.25) is 9.59 Å². The number of fused-ring (bicyclic) bond motifs is 1. The molecule has 1 saturated heterocycles. The van der Waals surface area contributed by atoms with Crippen molar-refractivity contribution in [2.45, 2.75) is 5.37 Å². The Hall–Kier alpha value is -3.00. The molecule has 0 aliphatic carbocycles. The lowest BCUT2D eigenvalue weighted by atomic mass is 10.1. The van der Waals surface area contributed by atoms with Crippen LogP contribution in [-0.2, 0) is 9.59 Å². The van der Waals surface area contributed by atoms with Gasteiger partial charge in [-0.05, 0) is 23.8 Å². The lowest BCUT2D eigenvalue weighted by Gasteiger charge is -2.20. The standard InChI is InChI=1S/C18H15N3O4S/c1-25-14-8-10(6-7-13(14)22)18-21(15(23)9-26-18)20-16-11-4-2-3-5-12(11)19-17(16)24/h2-8,18,22H,9H2,1H3,(H,19,20,24). The van der Waals surface area contributed by atoms with Crippen LogP contribution in [0.2, 0.25) is 0 Å². The smallest absolute Gasteiger partial charge is 0.276 e. The van der Waals surface area contributed by atoms with Crippen LogP contribution in [0, 0.1) is 0 Å². The van der Waals surface area contributed by atoms with Gasteiger partial charge in [-0.2, -0.15) is 5.10 Å². The van der Waals surface area contributed by atoms with Crippen molar-refractivity contribution in [3.63, 3.8) is 0 Å². The molecule has 2 heterocycles. The number of carbonyl (C=O) groups excluding carboxylic acids is 2. The third-order valence-electron chi connectivity index (χ3n) is 4.18. The molecule has 0 aromatic heterocycles. The van der Waals surface area contributed by atoms with Gasteiger partial charge in [-0.1, -0.05) is 24.3 Å². The van der Waals surface area contributed by atoms with E-state index in [9.17, 15) is 14.7 Å². The Morgan fingerprint density at radius 1 is 1.27 bits per heavy atom. The molecule has 2 aromatic rings. The van der Waals surface area contributed by atoms with E-state index in [0.29, 0.717) is 17.0 Å². The maximum atomic E-state index is 12.4. The first-order chi connectivity index (χ1) is 12.6. The van der Waals surface area contributed by atoms with Gasteiger partial charge in [-0.25, -0.2) is 5.01 Å². The first kappa shape index (κ1) is 16.5. The number of para-hydroxylation sites is 1. The number of ether oxygens (including phenoxy) is 1. The Morgan fingerprint density at radius 2 is 2.08 bits per heavy atom. The summed E-state index contributed by atoms with van der Waals surface area (Å²) in [5, 5.41) is 17.8. The fourth-order valence-corrected chi connectivity index (χ4v) is 4.00. The summed E-state index contributed by atoms with van der Waals surface area (Å²) >= 11 is 1.40. The topological polar surface area (TPSA) is 91.2 Å². The summed E-state index contributed by atoms with van der Waals surface area (Å²) in [7, 11) is 1.46. The first-order valence-corrected chi connectivity index (χ1v) is 8.93. The number of nitrogens with one attached hydrogen (secondary N) is 1. The predicted octanol–water partition coefficient (Wildman–Crippen LogP) is 2.33. The summed E-state index contributed by atoms with van der Waals surface area (Å²) in [4.78, 5) is 24.6. The van der Waals surface area contributed by atoms with Crippen LogP contribution in [-0.4, -0.2) is 40.5 Å². The van der Waals surface area contributed by atoms with E-state index in [-0.39, 0.29) is 29.0 Å². The molecular formula is C18H15N3O4S. The molecular weight excluding hydrogens is 354 g/mol. The number of methoxy groups -OCH3 is 1. The van der Waals surface area contributed by atoms with Crippen LogP contribution < -0.4 is 10.1 Å². The van der Waals surface area contributed by atoms with Crippen molar-refractivity contribution < 1.29 is 19.4 Å². The van der Waals surface area contributed by atoms with E-state index in [4.69, 9.17) is 4.74 Å². The van der Waals surface area contributed by atoms with Crippen LogP contribution in [0.25, 0.3) is 0 Å². The molecule has 4 rings (SSSR count). The Labute approximate surface area is 153 Å². The number of aromatic hydroxyl groups is 1. The van der Waals surface area contributed by atoms with Gasteiger partial charge in [0.25, 0.3) is 11.8 Å². The molecule has 7 nitrogen and oxygen atoms in total. The van der Waals surface area contributed by atoms with E-state index in [1.165, 1.54) is 29.9 Å². The quantitative estimate of drug-likeness (QED) is 0.866. The second kappa shape index (κ2) is 6.38. The van der Waals surface area contributed by atoms with E-state index >= 15 is 0 Å². The summed E-state index contributed by atoms with van der Waals surface area (Å²) < 4.78 is 5.14. The Bertz CT molecular complexity index is 944. The molecule has 132 valence electrons. The van der Waals surface area contributed by atoms with E-state index in [0.717, 1.165) is 5.56 Å². The van der Waals surface area contributed by atoms with Gasteiger partial charge in [-0.15, -0.1) is 11.8 Å². The van der Waals surface area contributed by atoms with Crippen molar-refractivity contribution in [1.82, 2.24) is 5.01 Å². The highest BCUT2D eigenvalue weighted by Crippen LogP contribution is 2.42. The Balaban J connectivity index is 1.73. The average molecular weight is 369 g/mol. The Morgan fingerprint density at radius 3 is 2.88 bits per heavy atom. The number of phenolic OH excluding ortho intramolecular Hbond substituents is 1. The van der Waals surface area contributed by atoms with Crippen molar-refractivity contribution in [3.8, 4) is 11.5 Å². The first-order valence-electron chi connectivity index (χ1n) is 7.88. The minimum absolute atomic E-state index is 0.0209. The molecule has 0 saturated carbocycles. The van der Waals surface area contributed by atoms with E-state index in [1.54, 1.807) is 24.3 Å². The molecule has 2 N–H and O–H groups in total. The highest BCUT2D eigenvalue weighted by Gasteiger charge is 2.36. The van der Waals surface area contributed by atoms with Crippen LogP contribution in [0.4, 0.5) is 5.69 Å². The number of hydrogen-bond donors (Lipinski definition) is 2. The summed E-state index contributed by atoms with van der Waals surface area (Å²) in [6.07, 6.45) is 0. The number of amides is 2. The summed E-state index contributed by atoms with van der Waals surface area (Å²) in [6.45, 7) is 0. The molecule has 2 aliphatic heterocycles. The van der Waals surface area contributed by atoms with Crippen molar-refractivity contribution in [1.29, 1.82) is 0 Å². The van der Waals surface area contributed by atoms with Gasteiger partial charge in [0.15, 0.2) is 17.2 Å². The maximum absolute atomic E-state index is 12.4. The van der Waals surface area contributed by atoms with Gasteiger partial charge in [0.2, 0.25) is 0 Å². The van der Waals surface area contributed by atoms with Gasteiger partial charge in [0.1, 0.15) is 5.37 Å². The zero-order valence-electron chi connectivity index (χ0n) is 13.8. The zero-order valence-corrected chi connectivity index (χ0v) is 14.6. The largest absolute Gasteiger partial charge is 0.504 e. The second-order valence-electron chi connectivity index (χ2n) is 5.78. The van der Waals surface area contributed by atoms with Gasteiger partial charge in [0.05, 0.1) is 18.6 Å². The maximum Gasteiger partial charge on any atom is 0.276 e. The molecule has 1 fully saturated rings. The molecule has 1 unspecified atom stereocenters. The normalized spacial score (nSPS) is 20.4. The number of hydrogen-bond acceptors (Lipinski definition) is 6. The van der Waals surface area contributed by atoms with Crippen LogP contribution in [0.5, 0.6) is 11.5 Å². The number of hydrazone groups is 1. The monoisotopic (exact) mass is 369 g/mol. The molecule has 0 spiro atoms. The summed E-state index contributed by atoms with van der Waals surface area (Å²) in [5.74, 6) is 0.0784. The van der Waals surface area contributed by atoms with E-state index in [1.807, 2.05) is 12.1 Å². The minimum atomic E-state index is -0.398. The van der Waals surface area contributed by atoms with Crippen molar-refractivity contribution in [2.75, 3.05) is 18.2 Å². The van der Waals surface area contributed by atoms with Crippen LogP contribution in [0.1, 0.15) is 16.5 Å². The van der Waals surface area contributed by atoms with Crippen LogP contribution >= 0.6 is 11.8 Å². The number of phenols is 1. The average Bonchev–Trinajstić information content (AvgIpc) is 3.16. The zero-order chi connectivity index (χ0) is 18.3. The van der Waals surface area contributed by atoms with E-state index in [2.05, 4.69) is 10.4 Å². The molecule has 26 heavy (non-hydrogen) atoms. The SMILES string of the molecule is COc1cc(C2SCC(=O)N2/N=C2/C(=O)Nc3ccccc32)ccc1O. The molecule has 0 radical (unpaired) electrons. The number of carbonyl (C=O) groups is 2. The summed E-state index contributed by atoms with van der Waals surface area (Å²) in [5.41, 5.74) is 2.32. The molecule has 8 heteroatoms. The lowest BCUT2D eigenvalue weighted by Crippen LogP contribution is -2.27. The molecule has 0 bridgehead atoms. The number of rotatable bonds is 3. The van der Waals surface area contributed by atoms with Gasteiger partial charge < -0.3 is 15.2 Å². The third-order valence-corrected chi connectivity index (χ3v) is 5.39. The highest BCUT2D eigenvalue weighted by molar-refractivity contribution is 8.00. The van der Waals surface area contributed by atoms with E-state index < -0.39 is 5.37 Å². The van der Waals surface area contributed by atoms with Crippen molar-refractivity contribution in [2.24, 2.45) is 5.10 Å². The molecule has 2 amide bonds. The van der Waals surface area contributed by atoms with Crippen molar-refractivity contribution in [3.05, 3.63) is 53.6 Å². The third kappa shape index (κ3) is 2.68. The van der Waals surface area contributed by atoms with Crippen LogP contribution in [0.3, 0.4) is 0 Å². The fraction of sp³-hybridized carbons (Fsp3) is 0.167. The Kier molecular flexibility index (Phi) is 4.04.